The molecule has 5 rings (SSSR count). The Morgan fingerprint density at radius 3 is 2.10 bits per heavy atom. The van der Waals surface area contributed by atoms with Gasteiger partial charge in [0.25, 0.3) is 5.91 Å². The number of aromatic nitrogens is 1. The molecule has 1 aliphatic rings. The van der Waals surface area contributed by atoms with E-state index in [4.69, 9.17) is 9.47 Å². The highest BCUT2D eigenvalue weighted by molar-refractivity contribution is 5.85. The van der Waals surface area contributed by atoms with Crippen molar-refractivity contribution in [1.82, 2.24) is 31.4 Å². The van der Waals surface area contributed by atoms with E-state index >= 15 is 0 Å². The molecule has 3 aromatic carbocycles. The predicted molar refractivity (Wildman–Crippen MR) is 221 cm³/mol. The van der Waals surface area contributed by atoms with Gasteiger partial charge in [-0.15, -0.1) is 0 Å². The van der Waals surface area contributed by atoms with Crippen molar-refractivity contribution >= 4 is 24.0 Å². The number of hydrazine groups is 1. The van der Waals surface area contributed by atoms with Gasteiger partial charge in [0.15, 0.2) is 0 Å². The van der Waals surface area contributed by atoms with Gasteiger partial charge in [0, 0.05) is 36.8 Å². The molecular weight excluding hydrogens is 737 g/mol. The van der Waals surface area contributed by atoms with Gasteiger partial charge >= 0.3 is 12.2 Å². The summed E-state index contributed by atoms with van der Waals surface area (Å²) in [5, 5.41) is 22.3. The minimum absolute atomic E-state index is 0.0658. The minimum Gasteiger partial charge on any atom is -0.453 e. The normalized spacial score (nSPS) is 17.2. The number of aliphatic hydroxyl groups is 1. The predicted octanol–water partition coefficient (Wildman–Crippen LogP) is 5.78. The largest absolute Gasteiger partial charge is 0.453 e. The summed E-state index contributed by atoms with van der Waals surface area (Å²) in [6, 6.07) is 30.4. The van der Waals surface area contributed by atoms with Gasteiger partial charge in [-0.1, -0.05) is 119 Å². The van der Waals surface area contributed by atoms with E-state index in [-0.39, 0.29) is 37.6 Å². The topological polar surface area (TPSA) is 171 Å². The first kappa shape index (κ1) is 43.3. The van der Waals surface area contributed by atoms with Crippen LogP contribution in [-0.2, 0) is 38.6 Å². The highest BCUT2D eigenvalue weighted by Crippen LogP contribution is 2.46. The Balaban J connectivity index is 1.31. The van der Waals surface area contributed by atoms with Crippen molar-refractivity contribution in [3.05, 3.63) is 126 Å². The van der Waals surface area contributed by atoms with Crippen LogP contribution in [0.15, 0.2) is 109 Å². The number of rotatable bonds is 18. The lowest BCUT2D eigenvalue weighted by Gasteiger charge is -2.51. The Morgan fingerprint density at radius 1 is 0.845 bits per heavy atom. The van der Waals surface area contributed by atoms with E-state index in [0.717, 1.165) is 27.9 Å². The number of carbonyl (C=O) groups is 4. The molecule has 0 aliphatic heterocycles. The van der Waals surface area contributed by atoms with E-state index in [0.29, 0.717) is 19.3 Å². The monoisotopic (exact) mass is 792 g/mol. The molecule has 1 aromatic heterocycles. The molecule has 4 aromatic rings. The van der Waals surface area contributed by atoms with Crippen molar-refractivity contribution in [2.45, 2.75) is 84.3 Å². The van der Waals surface area contributed by atoms with Crippen LogP contribution in [-0.4, -0.2) is 77.0 Å². The van der Waals surface area contributed by atoms with Gasteiger partial charge in [0.05, 0.1) is 24.9 Å². The lowest BCUT2D eigenvalue weighted by Crippen LogP contribution is -2.64. The summed E-state index contributed by atoms with van der Waals surface area (Å²) < 4.78 is 10.2. The minimum atomic E-state index is -1.15. The smallest absolute Gasteiger partial charge is 0.407 e. The molecule has 0 bridgehead atoms. The van der Waals surface area contributed by atoms with E-state index in [1.165, 1.54) is 7.11 Å². The van der Waals surface area contributed by atoms with Crippen molar-refractivity contribution in [3.63, 3.8) is 0 Å². The summed E-state index contributed by atoms with van der Waals surface area (Å²) in [5.41, 5.74) is 6.70. The lowest BCUT2D eigenvalue weighted by atomic mass is 9.58. The summed E-state index contributed by atoms with van der Waals surface area (Å²) in [6.07, 6.45) is 0.352. The van der Waals surface area contributed by atoms with Gasteiger partial charge in [-0.2, -0.15) is 0 Å². The number of amides is 4. The second-order valence-corrected chi connectivity index (χ2v) is 15.8. The molecule has 4 amide bonds. The maximum absolute atomic E-state index is 14.0. The number of methoxy groups -OCH3 is 1. The van der Waals surface area contributed by atoms with E-state index in [9.17, 15) is 24.3 Å². The third-order valence-electron chi connectivity index (χ3n) is 10.6. The fraction of sp³-hybridized carbons (Fsp3) is 0.400. The van der Waals surface area contributed by atoms with Crippen LogP contribution in [0, 0.1) is 17.3 Å². The van der Waals surface area contributed by atoms with Crippen LogP contribution in [0.1, 0.15) is 57.2 Å². The van der Waals surface area contributed by atoms with Crippen LogP contribution in [0.2, 0.25) is 0 Å². The Kier molecular flexibility index (Phi) is 15.4. The Hall–Kier alpha value is -5.79. The maximum Gasteiger partial charge on any atom is 0.407 e. The molecule has 13 heteroatoms. The quantitative estimate of drug-likeness (QED) is 0.0784. The average Bonchev–Trinajstić information content (AvgIpc) is 3.22. The number of benzene rings is 3. The first-order valence-corrected chi connectivity index (χ1v) is 19.7. The third kappa shape index (κ3) is 12.4. The highest BCUT2D eigenvalue weighted by Gasteiger charge is 2.53. The summed E-state index contributed by atoms with van der Waals surface area (Å²) in [5.74, 6) is -1.10. The molecule has 5 N–H and O–H groups in total. The van der Waals surface area contributed by atoms with Crippen LogP contribution >= 0.6 is 0 Å². The fourth-order valence-electron chi connectivity index (χ4n) is 7.13. The first-order valence-electron chi connectivity index (χ1n) is 19.7. The number of aliphatic hydroxyl groups excluding tert-OH is 1. The maximum atomic E-state index is 14.0. The molecule has 0 radical (unpaired) electrons. The molecular formula is C45H56N6O7. The zero-order chi connectivity index (χ0) is 41.7. The van der Waals surface area contributed by atoms with Gasteiger partial charge < -0.3 is 30.5 Å². The SMILES string of the molecule is COC(=O)N[C@@H](CC(C)C)C(=O)NN(Cc1ccc(-c2ccccn2)cc1)C[C@H](O)[C@H](Cc1ccccc1)NC(=O)[C@@H]1C[C@H](NC(=O)OCc2ccccc2)C1(C)C. The highest BCUT2D eigenvalue weighted by atomic mass is 16.5. The van der Waals surface area contributed by atoms with E-state index in [2.05, 4.69) is 26.4 Å². The van der Waals surface area contributed by atoms with Crippen molar-refractivity contribution in [1.29, 1.82) is 0 Å². The Labute approximate surface area is 340 Å². The summed E-state index contributed by atoms with van der Waals surface area (Å²) in [4.78, 5) is 57.1. The molecule has 308 valence electrons. The number of nitrogens with zero attached hydrogens (tertiary/aromatic N) is 2. The van der Waals surface area contributed by atoms with Crippen LogP contribution in [0.3, 0.4) is 0 Å². The number of hydrogen-bond donors (Lipinski definition) is 5. The van der Waals surface area contributed by atoms with Crippen molar-refractivity contribution in [2.75, 3.05) is 13.7 Å². The molecule has 1 saturated carbocycles. The van der Waals surface area contributed by atoms with Crippen LogP contribution < -0.4 is 21.4 Å². The summed E-state index contributed by atoms with van der Waals surface area (Å²) in [7, 11) is 1.24. The number of carbonyl (C=O) groups excluding carboxylic acids is 4. The number of ether oxygens (including phenoxy) is 2. The number of hydrogen-bond acceptors (Lipinski definition) is 9. The van der Waals surface area contributed by atoms with Crippen LogP contribution in [0.25, 0.3) is 11.3 Å². The van der Waals surface area contributed by atoms with Crippen molar-refractivity contribution in [2.24, 2.45) is 17.3 Å². The number of pyridine rings is 1. The Morgan fingerprint density at radius 2 is 1.50 bits per heavy atom. The van der Waals surface area contributed by atoms with Crippen molar-refractivity contribution < 1.29 is 33.8 Å². The molecule has 58 heavy (non-hydrogen) atoms. The van der Waals surface area contributed by atoms with Crippen LogP contribution in [0.5, 0.6) is 0 Å². The molecule has 1 aliphatic carbocycles. The molecule has 5 atom stereocenters. The van der Waals surface area contributed by atoms with Crippen LogP contribution in [0.4, 0.5) is 9.59 Å². The van der Waals surface area contributed by atoms with E-state index < -0.39 is 47.6 Å². The van der Waals surface area contributed by atoms with E-state index in [1.54, 1.807) is 11.2 Å². The third-order valence-corrected chi connectivity index (χ3v) is 10.6. The number of nitrogens with one attached hydrogen (secondary N) is 4. The number of alkyl carbamates (subject to hydrolysis) is 2. The zero-order valence-corrected chi connectivity index (χ0v) is 33.9. The van der Waals surface area contributed by atoms with Gasteiger partial charge in [-0.3, -0.25) is 20.0 Å². The van der Waals surface area contributed by atoms with Gasteiger partial charge in [-0.25, -0.2) is 14.6 Å². The molecule has 1 fully saturated rings. The van der Waals surface area contributed by atoms with Crippen molar-refractivity contribution in [3.8, 4) is 11.3 Å². The average molecular weight is 793 g/mol. The lowest BCUT2D eigenvalue weighted by molar-refractivity contribution is -0.139. The molecule has 0 spiro atoms. The molecule has 0 saturated heterocycles. The second-order valence-electron chi connectivity index (χ2n) is 15.8. The first-order chi connectivity index (χ1) is 27.8. The second kappa shape index (κ2) is 20.6. The summed E-state index contributed by atoms with van der Waals surface area (Å²) in [6.45, 7) is 8.02. The zero-order valence-electron chi connectivity index (χ0n) is 33.9. The van der Waals surface area contributed by atoms with Gasteiger partial charge in [0.1, 0.15) is 12.6 Å². The summed E-state index contributed by atoms with van der Waals surface area (Å²) >= 11 is 0. The van der Waals surface area contributed by atoms with E-state index in [1.807, 2.05) is 131 Å². The van der Waals surface area contributed by atoms with Gasteiger partial charge in [0.2, 0.25) is 5.91 Å². The standard InChI is InChI=1S/C45H56N6O7/c1-30(2)24-38(48-43(55)57-5)42(54)50-51(27-32-19-21-34(22-20-32)36-18-12-13-23-46-36)28-39(52)37(25-31-14-8-6-9-15-31)47-41(53)35-26-40(45(35,3)4)49-44(56)58-29-33-16-10-7-11-17-33/h6-23,30,35,37-40,52H,24-29H2,1-5H3,(H,47,53)(H,48,55)(H,49,56)(H,50,54)/t35-,37-,38-,39-,40-/m0/s1. The fourth-order valence-corrected chi connectivity index (χ4v) is 7.13. The molecule has 0 unspecified atom stereocenters. The Bertz CT molecular complexity index is 1930. The van der Waals surface area contributed by atoms with Gasteiger partial charge in [-0.05, 0) is 59.4 Å². The molecule has 13 nitrogen and oxygen atoms in total. The molecule has 1 heterocycles.